The first kappa shape index (κ1) is 15.5. The van der Waals surface area contributed by atoms with Gasteiger partial charge in [0.2, 0.25) is 0 Å². The van der Waals surface area contributed by atoms with Gasteiger partial charge in [-0.3, -0.25) is 14.6 Å². The average molecular weight is 309 g/mol. The molecule has 0 fully saturated rings. The summed E-state index contributed by atoms with van der Waals surface area (Å²) in [5.74, 6) is -2.60. The fourth-order valence-electron chi connectivity index (χ4n) is 1.57. The maximum absolute atomic E-state index is 12.2. The van der Waals surface area contributed by atoms with E-state index in [1.165, 1.54) is 36.5 Å². The number of nitrogens with one attached hydrogen (secondary N) is 2. The molecule has 0 aliphatic heterocycles. The van der Waals surface area contributed by atoms with E-state index in [0.29, 0.717) is 0 Å². The number of nitrogens with zero attached hydrogens (tertiary/aromatic N) is 1. The standard InChI is InChI=1S/C14H10F3N3O2/c15-14(16,17)13(22)20-10-5-3-4-9(8-10)19-12(21)11-6-1-2-7-18-11/h1-8H,(H,19,21)(H,20,22). The molecule has 1 aromatic heterocycles. The molecule has 0 spiro atoms. The molecule has 0 aliphatic carbocycles. The normalized spacial score (nSPS) is 10.9. The summed E-state index contributed by atoms with van der Waals surface area (Å²) in [5.41, 5.74) is 0.309. The Morgan fingerprint density at radius 1 is 0.955 bits per heavy atom. The van der Waals surface area contributed by atoms with Crippen LogP contribution in [0.25, 0.3) is 0 Å². The van der Waals surface area contributed by atoms with E-state index in [4.69, 9.17) is 0 Å². The lowest BCUT2D eigenvalue weighted by Crippen LogP contribution is -2.29. The van der Waals surface area contributed by atoms with Crippen LogP contribution in [0.15, 0.2) is 48.7 Å². The summed E-state index contributed by atoms with van der Waals surface area (Å²) >= 11 is 0. The lowest BCUT2D eigenvalue weighted by atomic mass is 10.2. The largest absolute Gasteiger partial charge is 0.471 e. The first-order valence-corrected chi connectivity index (χ1v) is 6.07. The van der Waals surface area contributed by atoms with Gasteiger partial charge in [-0.1, -0.05) is 12.1 Å². The van der Waals surface area contributed by atoms with E-state index in [9.17, 15) is 22.8 Å². The lowest BCUT2D eigenvalue weighted by Gasteiger charge is -2.10. The molecule has 114 valence electrons. The molecule has 2 amide bonds. The van der Waals surface area contributed by atoms with Crippen LogP contribution in [0.5, 0.6) is 0 Å². The summed E-state index contributed by atoms with van der Waals surface area (Å²) in [6.45, 7) is 0. The van der Waals surface area contributed by atoms with Crippen LogP contribution in [0.3, 0.4) is 0 Å². The van der Waals surface area contributed by atoms with Crippen molar-refractivity contribution in [3.8, 4) is 0 Å². The smallest absolute Gasteiger partial charge is 0.321 e. The number of carbonyl (C=O) groups is 2. The molecule has 1 aromatic carbocycles. The van der Waals surface area contributed by atoms with Gasteiger partial charge < -0.3 is 10.6 Å². The van der Waals surface area contributed by atoms with Crippen LogP contribution in [-0.2, 0) is 4.79 Å². The molecule has 2 N–H and O–H groups in total. The van der Waals surface area contributed by atoms with Gasteiger partial charge >= 0.3 is 12.1 Å². The van der Waals surface area contributed by atoms with Crippen LogP contribution in [0.4, 0.5) is 24.5 Å². The van der Waals surface area contributed by atoms with E-state index < -0.39 is 18.0 Å². The van der Waals surface area contributed by atoms with Crippen LogP contribution in [0.1, 0.15) is 10.5 Å². The minimum atomic E-state index is -4.98. The zero-order valence-electron chi connectivity index (χ0n) is 11.0. The molecule has 1 heterocycles. The monoisotopic (exact) mass is 309 g/mol. The quantitative estimate of drug-likeness (QED) is 0.916. The molecule has 0 saturated carbocycles. The average Bonchev–Trinajstić information content (AvgIpc) is 2.47. The van der Waals surface area contributed by atoms with E-state index >= 15 is 0 Å². The van der Waals surface area contributed by atoms with Gasteiger partial charge in [-0.25, -0.2) is 0 Å². The molecule has 0 radical (unpaired) electrons. The summed E-state index contributed by atoms with van der Waals surface area (Å²) in [5, 5.41) is 4.18. The number of hydrogen-bond acceptors (Lipinski definition) is 3. The predicted octanol–water partition coefficient (Wildman–Crippen LogP) is 2.83. The van der Waals surface area contributed by atoms with E-state index in [0.717, 1.165) is 0 Å². The minimum absolute atomic E-state index is 0.0823. The van der Waals surface area contributed by atoms with Crippen LogP contribution in [-0.4, -0.2) is 23.0 Å². The second kappa shape index (κ2) is 6.25. The van der Waals surface area contributed by atoms with Crippen molar-refractivity contribution in [1.29, 1.82) is 0 Å². The Morgan fingerprint density at radius 3 is 2.23 bits per heavy atom. The third-order valence-electron chi connectivity index (χ3n) is 2.53. The molecule has 0 aliphatic rings. The van der Waals surface area contributed by atoms with Gasteiger partial charge in [0.1, 0.15) is 5.69 Å². The summed E-state index contributed by atoms with van der Waals surface area (Å²) < 4.78 is 36.5. The molecular formula is C14H10F3N3O2. The van der Waals surface area contributed by atoms with Gasteiger partial charge in [0, 0.05) is 17.6 Å². The number of halogens is 3. The summed E-state index contributed by atoms with van der Waals surface area (Å²) in [4.78, 5) is 26.6. The fourth-order valence-corrected chi connectivity index (χ4v) is 1.57. The molecule has 22 heavy (non-hydrogen) atoms. The van der Waals surface area contributed by atoms with Crippen molar-refractivity contribution in [2.24, 2.45) is 0 Å². The van der Waals surface area contributed by atoms with Gasteiger partial charge in [-0.05, 0) is 30.3 Å². The number of rotatable bonds is 3. The Kier molecular flexibility index (Phi) is 4.40. The molecule has 0 atom stereocenters. The highest BCUT2D eigenvalue weighted by molar-refractivity contribution is 6.03. The highest BCUT2D eigenvalue weighted by Gasteiger charge is 2.38. The van der Waals surface area contributed by atoms with Crippen molar-refractivity contribution in [3.63, 3.8) is 0 Å². The Hall–Kier alpha value is -2.90. The Morgan fingerprint density at radius 2 is 1.64 bits per heavy atom. The van der Waals surface area contributed by atoms with Crippen LogP contribution >= 0.6 is 0 Å². The van der Waals surface area contributed by atoms with E-state index in [2.05, 4.69) is 10.3 Å². The summed E-state index contributed by atoms with van der Waals surface area (Å²) in [7, 11) is 0. The maximum Gasteiger partial charge on any atom is 0.471 e. The topological polar surface area (TPSA) is 71.1 Å². The Balaban J connectivity index is 2.09. The van der Waals surface area contributed by atoms with E-state index in [1.807, 2.05) is 0 Å². The molecule has 2 rings (SSSR count). The minimum Gasteiger partial charge on any atom is -0.321 e. The number of anilines is 2. The van der Waals surface area contributed by atoms with Crippen LogP contribution < -0.4 is 10.6 Å². The number of benzene rings is 1. The van der Waals surface area contributed by atoms with Crippen molar-refractivity contribution in [3.05, 3.63) is 54.4 Å². The Labute approximate surface area is 123 Å². The van der Waals surface area contributed by atoms with Crippen molar-refractivity contribution < 1.29 is 22.8 Å². The number of pyridine rings is 1. The maximum atomic E-state index is 12.2. The fraction of sp³-hybridized carbons (Fsp3) is 0.0714. The molecule has 0 unspecified atom stereocenters. The summed E-state index contributed by atoms with van der Waals surface area (Å²) in [6, 6.07) is 10.1. The molecule has 0 bridgehead atoms. The molecule has 0 saturated heterocycles. The number of hydrogen-bond donors (Lipinski definition) is 2. The zero-order valence-corrected chi connectivity index (χ0v) is 11.0. The van der Waals surface area contributed by atoms with Gasteiger partial charge in [0.05, 0.1) is 0 Å². The lowest BCUT2D eigenvalue weighted by molar-refractivity contribution is -0.167. The van der Waals surface area contributed by atoms with E-state index in [1.54, 1.807) is 17.4 Å². The third kappa shape index (κ3) is 4.05. The van der Waals surface area contributed by atoms with Gasteiger partial charge in [0.25, 0.3) is 5.91 Å². The SMILES string of the molecule is O=C(Nc1cccc(NC(=O)C(F)(F)F)c1)c1ccccn1. The zero-order chi connectivity index (χ0) is 16.2. The molecule has 5 nitrogen and oxygen atoms in total. The predicted molar refractivity (Wildman–Crippen MR) is 73.3 cm³/mol. The van der Waals surface area contributed by atoms with Crippen LogP contribution in [0.2, 0.25) is 0 Å². The Bertz CT molecular complexity index is 687. The number of alkyl halides is 3. The molecule has 2 aromatic rings. The second-order valence-corrected chi connectivity index (χ2v) is 4.20. The van der Waals surface area contributed by atoms with E-state index in [-0.39, 0.29) is 17.1 Å². The van der Waals surface area contributed by atoms with Gasteiger partial charge in [0.15, 0.2) is 0 Å². The van der Waals surface area contributed by atoms with Crippen LogP contribution in [0, 0.1) is 0 Å². The summed E-state index contributed by atoms with van der Waals surface area (Å²) in [6.07, 6.45) is -3.54. The van der Waals surface area contributed by atoms with Crippen molar-refractivity contribution in [1.82, 2.24) is 4.98 Å². The first-order chi connectivity index (χ1) is 10.4. The van der Waals surface area contributed by atoms with Crippen molar-refractivity contribution >= 4 is 23.2 Å². The van der Waals surface area contributed by atoms with Crippen molar-refractivity contribution in [2.45, 2.75) is 6.18 Å². The third-order valence-corrected chi connectivity index (χ3v) is 2.53. The number of amides is 2. The van der Waals surface area contributed by atoms with Gasteiger partial charge in [-0.15, -0.1) is 0 Å². The molecular weight excluding hydrogens is 299 g/mol. The number of carbonyl (C=O) groups excluding carboxylic acids is 2. The molecule has 8 heteroatoms. The second-order valence-electron chi connectivity index (χ2n) is 4.20. The van der Waals surface area contributed by atoms with Gasteiger partial charge in [-0.2, -0.15) is 13.2 Å². The number of aromatic nitrogens is 1. The first-order valence-electron chi connectivity index (χ1n) is 6.07. The van der Waals surface area contributed by atoms with Crippen molar-refractivity contribution in [2.75, 3.05) is 10.6 Å². The highest BCUT2D eigenvalue weighted by atomic mass is 19.4. The highest BCUT2D eigenvalue weighted by Crippen LogP contribution is 2.20.